The second kappa shape index (κ2) is 6.45. The van der Waals surface area contributed by atoms with Crippen molar-refractivity contribution >= 4 is 17.0 Å². The summed E-state index contributed by atoms with van der Waals surface area (Å²) in [5, 5.41) is 5.72. The second-order valence-corrected chi connectivity index (χ2v) is 6.67. The predicted octanol–water partition coefficient (Wildman–Crippen LogP) is 3.56. The first kappa shape index (κ1) is 16.4. The average Bonchev–Trinajstić information content (AvgIpc) is 3.29. The number of benzene rings is 1. The Morgan fingerprint density at radius 1 is 1.11 bits per heavy atom. The number of nitrogens with two attached hydrogens (primary N) is 1. The number of pyridine rings is 2. The maximum atomic E-state index is 11.2. The molecule has 138 valence electrons. The van der Waals surface area contributed by atoms with Gasteiger partial charge in [0.25, 0.3) is 0 Å². The Bertz CT molecular complexity index is 1200. The molecule has 1 aliphatic heterocycles. The molecule has 0 saturated carbocycles. The third kappa shape index (κ3) is 2.68. The number of hydrogen-bond acceptors (Lipinski definition) is 5. The Labute approximate surface area is 160 Å². The van der Waals surface area contributed by atoms with E-state index >= 15 is 0 Å². The van der Waals surface area contributed by atoms with Crippen LogP contribution in [0.4, 0.5) is 4.79 Å². The van der Waals surface area contributed by atoms with E-state index in [1.54, 1.807) is 24.5 Å². The van der Waals surface area contributed by atoms with E-state index < -0.39 is 6.09 Å². The molecular formula is C21H17N5O2. The fourth-order valence-electron chi connectivity index (χ4n) is 3.82. The molecule has 1 amide bonds. The van der Waals surface area contributed by atoms with Crippen LogP contribution in [0.1, 0.15) is 12.1 Å². The Morgan fingerprint density at radius 2 is 2.04 bits per heavy atom. The summed E-state index contributed by atoms with van der Waals surface area (Å²) >= 11 is 0. The van der Waals surface area contributed by atoms with Crippen molar-refractivity contribution in [2.75, 3.05) is 0 Å². The zero-order valence-electron chi connectivity index (χ0n) is 15.0. The van der Waals surface area contributed by atoms with Crippen molar-refractivity contribution < 1.29 is 9.53 Å². The third-order valence-electron chi connectivity index (χ3n) is 4.95. The van der Waals surface area contributed by atoms with Gasteiger partial charge in [0.05, 0.1) is 11.2 Å². The van der Waals surface area contributed by atoms with Crippen LogP contribution in [0.15, 0.2) is 54.9 Å². The summed E-state index contributed by atoms with van der Waals surface area (Å²) in [5.41, 5.74) is 10.9. The molecule has 0 unspecified atom stereocenters. The highest BCUT2D eigenvalue weighted by Crippen LogP contribution is 2.40. The first-order chi connectivity index (χ1) is 13.7. The summed E-state index contributed by atoms with van der Waals surface area (Å²) in [4.78, 5) is 20.1. The van der Waals surface area contributed by atoms with Crippen molar-refractivity contribution in [1.82, 2.24) is 19.7 Å². The number of amides is 1. The molecule has 7 nitrogen and oxygen atoms in total. The molecular weight excluding hydrogens is 354 g/mol. The van der Waals surface area contributed by atoms with Crippen molar-refractivity contribution in [3.63, 3.8) is 0 Å². The van der Waals surface area contributed by atoms with Crippen molar-refractivity contribution in [1.29, 1.82) is 0 Å². The van der Waals surface area contributed by atoms with Gasteiger partial charge in [-0.2, -0.15) is 5.10 Å². The molecule has 0 radical (unpaired) electrons. The molecule has 0 aliphatic carbocycles. The normalized spacial score (nSPS) is 12.9. The molecule has 0 saturated heterocycles. The van der Waals surface area contributed by atoms with Gasteiger partial charge in [-0.05, 0) is 54.8 Å². The van der Waals surface area contributed by atoms with Crippen LogP contribution >= 0.6 is 0 Å². The third-order valence-corrected chi connectivity index (χ3v) is 4.95. The molecule has 1 aromatic carbocycles. The first-order valence-corrected chi connectivity index (χ1v) is 9.08. The van der Waals surface area contributed by atoms with Gasteiger partial charge in [0.2, 0.25) is 0 Å². The van der Waals surface area contributed by atoms with Gasteiger partial charge < -0.3 is 10.5 Å². The summed E-state index contributed by atoms with van der Waals surface area (Å²) in [6.45, 7) is 0.897. The predicted molar refractivity (Wildman–Crippen MR) is 105 cm³/mol. The molecule has 0 atom stereocenters. The lowest BCUT2D eigenvalue weighted by Gasteiger charge is -2.10. The number of carbonyl (C=O) groups excluding carboxylic acids is 1. The molecule has 1 aliphatic rings. The first-order valence-electron chi connectivity index (χ1n) is 9.08. The number of nitrogens with zero attached hydrogens (tertiary/aromatic N) is 4. The molecule has 0 spiro atoms. The lowest BCUT2D eigenvalue weighted by Crippen LogP contribution is -2.16. The molecule has 0 bridgehead atoms. The number of aryl methyl sites for hydroxylation is 1. The number of ether oxygens (including phenoxy) is 1. The minimum Gasteiger partial charge on any atom is -0.410 e. The lowest BCUT2D eigenvalue weighted by molar-refractivity contribution is 0.211. The molecule has 7 heteroatoms. The maximum Gasteiger partial charge on any atom is 0.409 e. The standard InChI is InChI=1S/C21H17N5O2/c22-21(27)28-13-6-7-16-15(12-13)14(8-10-24-16)19-18-5-3-11-26(18)25-20(19)17-4-1-2-9-23-17/h1-2,4,6-10,12H,3,5,11H2,(H2,22,27). The number of hydrogen-bond donors (Lipinski definition) is 1. The highest BCUT2D eigenvalue weighted by molar-refractivity contribution is 5.99. The van der Waals surface area contributed by atoms with Gasteiger partial charge in [0.15, 0.2) is 0 Å². The number of carbonyl (C=O) groups is 1. The largest absolute Gasteiger partial charge is 0.410 e. The fourth-order valence-corrected chi connectivity index (χ4v) is 3.82. The van der Waals surface area contributed by atoms with Crippen LogP contribution in [0.25, 0.3) is 33.4 Å². The fraction of sp³-hybridized carbons (Fsp3) is 0.143. The quantitative estimate of drug-likeness (QED) is 0.594. The summed E-state index contributed by atoms with van der Waals surface area (Å²) in [7, 11) is 0. The van der Waals surface area contributed by atoms with E-state index in [0.29, 0.717) is 5.75 Å². The lowest BCUT2D eigenvalue weighted by atomic mass is 9.96. The van der Waals surface area contributed by atoms with Crippen LogP contribution in [0.5, 0.6) is 5.75 Å². The number of fused-ring (bicyclic) bond motifs is 2. The van der Waals surface area contributed by atoms with Crippen LogP contribution in [-0.2, 0) is 13.0 Å². The molecule has 2 N–H and O–H groups in total. The van der Waals surface area contributed by atoms with Crippen LogP contribution in [0.2, 0.25) is 0 Å². The highest BCUT2D eigenvalue weighted by Gasteiger charge is 2.25. The van der Waals surface area contributed by atoms with E-state index in [2.05, 4.69) is 14.6 Å². The number of primary amides is 1. The zero-order chi connectivity index (χ0) is 19.1. The van der Waals surface area contributed by atoms with Crippen LogP contribution in [-0.4, -0.2) is 25.8 Å². The van der Waals surface area contributed by atoms with Gasteiger partial charge in [0, 0.05) is 35.6 Å². The smallest absolute Gasteiger partial charge is 0.409 e. The summed E-state index contributed by atoms with van der Waals surface area (Å²) < 4.78 is 7.14. The average molecular weight is 371 g/mol. The zero-order valence-corrected chi connectivity index (χ0v) is 15.0. The van der Waals surface area contributed by atoms with E-state index in [0.717, 1.165) is 52.8 Å². The van der Waals surface area contributed by atoms with Crippen LogP contribution in [0.3, 0.4) is 0 Å². The Balaban J connectivity index is 1.78. The van der Waals surface area contributed by atoms with Gasteiger partial charge in [0.1, 0.15) is 11.4 Å². The van der Waals surface area contributed by atoms with Gasteiger partial charge in [-0.15, -0.1) is 0 Å². The highest BCUT2D eigenvalue weighted by atomic mass is 16.5. The monoisotopic (exact) mass is 371 g/mol. The van der Waals surface area contributed by atoms with E-state index in [1.165, 1.54) is 5.69 Å². The van der Waals surface area contributed by atoms with Crippen LogP contribution < -0.4 is 10.5 Å². The summed E-state index contributed by atoms with van der Waals surface area (Å²) in [5.74, 6) is 0.387. The molecule has 3 aromatic heterocycles. The van der Waals surface area contributed by atoms with Crippen molar-refractivity contribution in [2.45, 2.75) is 19.4 Å². The van der Waals surface area contributed by atoms with E-state index in [-0.39, 0.29) is 0 Å². The Hall–Kier alpha value is -3.74. The topological polar surface area (TPSA) is 95.9 Å². The minimum absolute atomic E-state index is 0.387. The molecule has 5 rings (SSSR count). The second-order valence-electron chi connectivity index (χ2n) is 6.67. The van der Waals surface area contributed by atoms with Gasteiger partial charge in [-0.1, -0.05) is 6.07 Å². The van der Waals surface area contributed by atoms with Crippen molar-refractivity contribution in [3.05, 3.63) is 60.6 Å². The number of rotatable bonds is 3. The van der Waals surface area contributed by atoms with Crippen LogP contribution in [0, 0.1) is 0 Å². The van der Waals surface area contributed by atoms with Crippen molar-refractivity contribution in [3.8, 4) is 28.3 Å². The molecule has 4 heterocycles. The Kier molecular flexibility index (Phi) is 3.79. The summed E-state index contributed by atoms with van der Waals surface area (Å²) in [6.07, 6.45) is 4.74. The Morgan fingerprint density at radius 3 is 2.86 bits per heavy atom. The molecule has 28 heavy (non-hydrogen) atoms. The van der Waals surface area contributed by atoms with Gasteiger partial charge in [-0.25, -0.2) is 4.79 Å². The molecule has 0 fully saturated rings. The van der Waals surface area contributed by atoms with E-state index in [9.17, 15) is 4.79 Å². The molecule has 4 aromatic rings. The van der Waals surface area contributed by atoms with Gasteiger partial charge >= 0.3 is 6.09 Å². The van der Waals surface area contributed by atoms with E-state index in [4.69, 9.17) is 15.6 Å². The SMILES string of the molecule is NC(=O)Oc1ccc2nccc(-c3c(-c4ccccn4)nn4c3CCC4)c2c1. The van der Waals surface area contributed by atoms with E-state index in [1.807, 2.05) is 30.3 Å². The number of aromatic nitrogens is 4. The van der Waals surface area contributed by atoms with Gasteiger partial charge in [-0.3, -0.25) is 14.6 Å². The van der Waals surface area contributed by atoms with Crippen molar-refractivity contribution in [2.24, 2.45) is 5.73 Å². The minimum atomic E-state index is -0.842. The summed E-state index contributed by atoms with van der Waals surface area (Å²) in [6, 6.07) is 13.1. The maximum absolute atomic E-state index is 11.2.